The van der Waals surface area contributed by atoms with Gasteiger partial charge in [-0.05, 0) is 39.0 Å². The molecule has 0 aromatic carbocycles. The Morgan fingerprint density at radius 1 is 1.28 bits per heavy atom. The van der Waals surface area contributed by atoms with Crippen molar-refractivity contribution in [3.63, 3.8) is 0 Å². The summed E-state index contributed by atoms with van der Waals surface area (Å²) in [6.45, 7) is 9.35. The summed E-state index contributed by atoms with van der Waals surface area (Å²) in [5.74, 6) is 0. The summed E-state index contributed by atoms with van der Waals surface area (Å²) in [5.41, 5.74) is 0.342. The van der Waals surface area contributed by atoms with Gasteiger partial charge in [0.25, 0.3) is 0 Å². The van der Waals surface area contributed by atoms with Crippen molar-refractivity contribution in [2.45, 2.75) is 82.7 Å². The Morgan fingerprint density at radius 2 is 2.06 bits per heavy atom. The van der Waals surface area contributed by atoms with Crippen LogP contribution < -0.4 is 5.32 Å². The Labute approximate surface area is 111 Å². The van der Waals surface area contributed by atoms with Gasteiger partial charge in [0.1, 0.15) is 0 Å². The minimum atomic E-state index is 0.342. The first-order chi connectivity index (χ1) is 8.67. The minimum Gasteiger partial charge on any atom is -0.373 e. The van der Waals surface area contributed by atoms with Gasteiger partial charge in [0.05, 0.1) is 12.2 Å². The van der Waals surface area contributed by atoms with Crippen LogP contribution in [-0.2, 0) is 4.74 Å². The molecule has 1 N–H and O–H groups in total. The molecule has 3 aliphatic heterocycles. The summed E-state index contributed by atoms with van der Waals surface area (Å²) in [7, 11) is 0. The van der Waals surface area contributed by atoms with Crippen LogP contribution in [0.15, 0.2) is 0 Å². The predicted octanol–water partition coefficient (Wildman–Crippen LogP) is 2.16. The Hall–Kier alpha value is -0.120. The maximum atomic E-state index is 6.06. The van der Waals surface area contributed by atoms with Crippen LogP contribution in [0.4, 0.5) is 0 Å². The second-order valence-corrected chi connectivity index (χ2v) is 6.57. The van der Waals surface area contributed by atoms with Crippen molar-refractivity contribution in [3.05, 3.63) is 0 Å². The van der Waals surface area contributed by atoms with Gasteiger partial charge in [0, 0.05) is 30.7 Å². The molecule has 0 aromatic heterocycles. The Balaban J connectivity index is 1.73. The number of ether oxygens (including phenoxy) is 1. The number of rotatable bonds is 3. The van der Waals surface area contributed by atoms with E-state index in [0.717, 1.165) is 6.54 Å². The number of piperazine rings is 1. The van der Waals surface area contributed by atoms with Crippen LogP contribution in [0.25, 0.3) is 0 Å². The van der Waals surface area contributed by atoms with Gasteiger partial charge in [0.15, 0.2) is 0 Å². The molecule has 0 radical (unpaired) electrons. The first-order valence-corrected chi connectivity index (χ1v) is 7.83. The van der Waals surface area contributed by atoms with Crippen molar-refractivity contribution >= 4 is 0 Å². The van der Waals surface area contributed by atoms with E-state index >= 15 is 0 Å². The van der Waals surface area contributed by atoms with Gasteiger partial charge >= 0.3 is 0 Å². The smallest absolute Gasteiger partial charge is 0.0736 e. The van der Waals surface area contributed by atoms with E-state index in [-0.39, 0.29) is 0 Å². The second-order valence-electron chi connectivity index (χ2n) is 6.57. The molecule has 18 heavy (non-hydrogen) atoms. The third kappa shape index (κ3) is 2.00. The lowest BCUT2D eigenvalue weighted by Crippen LogP contribution is -2.66. The molecule has 3 heteroatoms. The van der Waals surface area contributed by atoms with Crippen LogP contribution in [0, 0.1) is 0 Å². The Kier molecular flexibility index (Phi) is 3.41. The number of fused-ring (bicyclic) bond motifs is 2. The lowest BCUT2D eigenvalue weighted by atomic mass is 9.85. The van der Waals surface area contributed by atoms with Crippen molar-refractivity contribution in [1.29, 1.82) is 0 Å². The van der Waals surface area contributed by atoms with E-state index in [2.05, 4.69) is 31.0 Å². The molecule has 4 atom stereocenters. The summed E-state index contributed by atoms with van der Waals surface area (Å²) in [6, 6.07) is 1.35. The van der Waals surface area contributed by atoms with E-state index in [9.17, 15) is 0 Å². The lowest BCUT2D eigenvalue weighted by Gasteiger charge is -2.50. The molecular weight excluding hydrogens is 224 g/mol. The fraction of sp³-hybridized carbons (Fsp3) is 1.00. The van der Waals surface area contributed by atoms with E-state index in [0.29, 0.717) is 29.8 Å². The average molecular weight is 252 g/mol. The molecule has 3 saturated heterocycles. The predicted molar refractivity (Wildman–Crippen MR) is 73.8 cm³/mol. The number of nitrogens with zero attached hydrogens (tertiary/aromatic N) is 1. The molecule has 3 aliphatic rings. The molecule has 2 bridgehead atoms. The maximum Gasteiger partial charge on any atom is 0.0736 e. The summed E-state index contributed by atoms with van der Waals surface area (Å²) in [6.07, 6.45) is 7.43. The Bertz CT molecular complexity index is 303. The van der Waals surface area contributed by atoms with E-state index in [1.54, 1.807) is 0 Å². The van der Waals surface area contributed by atoms with Crippen LogP contribution in [0.1, 0.15) is 52.9 Å². The fourth-order valence-corrected chi connectivity index (χ4v) is 4.17. The van der Waals surface area contributed by atoms with Crippen molar-refractivity contribution in [1.82, 2.24) is 10.2 Å². The van der Waals surface area contributed by atoms with E-state index < -0.39 is 0 Å². The summed E-state index contributed by atoms with van der Waals surface area (Å²) >= 11 is 0. The topological polar surface area (TPSA) is 24.5 Å². The SMILES string of the molecule is CCC1(CC)CN(C2CC3CCC2O3)C(C)CN1. The highest BCUT2D eigenvalue weighted by Crippen LogP contribution is 2.39. The number of hydrogen-bond acceptors (Lipinski definition) is 3. The van der Waals surface area contributed by atoms with Crippen LogP contribution in [0.3, 0.4) is 0 Å². The van der Waals surface area contributed by atoms with Crippen molar-refractivity contribution in [2.24, 2.45) is 0 Å². The van der Waals surface area contributed by atoms with Gasteiger partial charge in [-0.2, -0.15) is 0 Å². The third-order valence-corrected chi connectivity index (χ3v) is 5.68. The van der Waals surface area contributed by atoms with Crippen LogP contribution >= 0.6 is 0 Å². The standard InChI is InChI=1S/C15H28N2O/c1-4-15(5-2)10-17(11(3)9-16-15)13-8-12-6-7-14(13)18-12/h11-14,16H,4-10H2,1-3H3. The zero-order valence-corrected chi connectivity index (χ0v) is 12.1. The average Bonchev–Trinajstić information content (AvgIpc) is 3.02. The zero-order valence-electron chi connectivity index (χ0n) is 12.1. The molecule has 3 nitrogen and oxygen atoms in total. The molecule has 4 unspecified atom stereocenters. The van der Waals surface area contributed by atoms with Gasteiger partial charge in [0.2, 0.25) is 0 Å². The molecule has 104 valence electrons. The zero-order chi connectivity index (χ0) is 12.8. The molecule has 0 saturated carbocycles. The highest BCUT2D eigenvalue weighted by molar-refractivity contribution is 5.03. The van der Waals surface area contributed by atoms with Crippen molar-refractivity contribution < 1.29 is 4.74 Å². The van der Waals surface area contributed by atoms with E-state index in [1.165, 1.54) is 38.6 Å². The fourth-order valence-electron chi connectivity index (χ4n) is 4.17. The molecule has 0 aliphatic carbocycles. The third-order valence-electron chi connectivity index (χ3n) is 5.68. The highest BCUT2D eigenvalue weighted by Gasteiger charge is 2.47. The van der Waals surface area contributed by atoms with Crippen LogP contribution in [0.2, 0.25) is 0 Å². The molecule has 0 aromatic rings. The van der Waals surface area contributed by atoms with Gasteiger partial charge in [-0.1, -0.05) is 13.8 Å². The van der Waals surface area contributed by atoms with Gasteiger partial charge in [-0.15, -0.1) is 0 Å². The van der Waals surface area contributed by atoms with Gasteiger partial charge in [-0.25, -0.2) is 0 Å². The van der Waals surface area contributed by atoms with Crippen molar-refractivity contribution in [2.75, 3.05) is 13.1 Å². The van der Waals surface area contributed by atoms with Crippen molar-refractivity contribution in [3.8, 4) is 0 Å². The normalized spacial score (nSPS) is 43.5. The number of nitrogens with one attached hydrogen (secondary N) is 1. The van der Waals surface area contributed by atoms with E-state index in [4.69, 9.17) is 4.74 Å². The van der Waals surface area contributed by atoms with Crippen LogP contribution in [-0.4, -0.2) is 47.8 Å². The van der Waals surface area contributed by atoms with E-state index in [1.807, 2.05) is 0 Å². The monoisotopic (exact) mass is 252 g/mol. The summed E-state index contributed by atoms with van der Waals surface area (Å²) in [4.78, 5) is 2.76. The minimum absolute atomic E-state index is 0.342. The number of hydrogen-bond donors (Lipinski definition) is 1. The lowest BCUT2D eigenvalue weighted by molar-refractivity contribution is 0.0107. The first-order valence-electron chi connectivity index (χ1n) is 7.83. The quantitative estimate of drug-likeness (QED) is 0.833. The molecule has 0 spiro atoms. The largest absolute Gasteiger partial charge is 0.373 e. The Morgan fingerprint density at radius 3 is 2.61 bits per heavy atom. The highest BCUT2D eigenvalue weighted by atomic mass is 16.5. The molecule has 3 rings (SSSR count). The molecular formula is C15H28N2O. The van der Waals surface area contributed by atoms with Gasteiger partial charge < -0.3 is 10.1 Å². The first kappa shape index (κ1) is 12.9. The molecule has 3 heterocycles. The molecule has 0 amide bonds. The van der Waals surface area contributed by atoms with Crippen LogP contribution in [0.5, 0.6) is 0 Å². The second kappa shape index (κ2) is 4.77. The summed E-state index contributed by atoms with van der Waals surface area (Å²) < 4.78 is 6.06. The maximum absolute atomic E-state index is 6.06. The molecule has 3 fully saturated rings. The summed E-state index contributed by atoms with van der Waals surface area (Å²) in [5, 5.41) is 3.80. The van der Waals surface area contributed by atoms with Gasteiger partial charge in [-0.3, -0.25) is 4.90 Å².